The van der Waals surface area contributed by atoms with Crippen LogP contribution in [0.4, 0.5) is 0 Å². The lowest BCUT2D eigenvalue weighted by Crippen LogP contribution is -2.07. The van der Waals surface area contributed by atoms with Gasteiger partial charge in [-0.25, -0.2) is 0 Å². The normalized spacial score (nSPS) is 15.4. The largest absolute Gasteiger partial charge is 0.303 e. The molecule has 1 heterocycles. The molecule has 72 valence electrons. The van der Waals surface area contributed by atoms with Crippen molar-refractivity contribution < 1.29 is 4.79 Å². The van der Waals surface area contributed by atoms with Crippen molar-refractivity contribution >= 4 is 17.6 Å². The van der Waals surface area contributed by atoms with Gasteiger partial charge in [-0.2, -0.15) is 0 Å². The lowest BCUT2D eigenvalue weighted by Gasteiger charge is -2.13. The van der Waals surface area contributed by atoms with Crippen LogP contribution in [0.2, 0.25) is 0 Å². The Hall–Kier alpha value is -0.630. The Morgan fingerprint density at radius 2 is 2.00 bits per heavy atom. The Bertz CT molecular complexity index is 301. The predicted octanol–water partition coefficient (Wildman–Crippen LogP) is 3.30. The minimum atomic E-state index is 0.118. The van der Waals surface area contributed by atoms with Crippen molar-refractivity contribution in [3.05, 3.63) is 21.4 Å². The van der Waals surface area contributed by atoms with E-state index in [9.17, 15) is 4.79 Å². The average molecular weight is 196 g/mol. The van der Waals surface area contributed by atoms with Crippen LogP contribution in [0, 0.1) is 19.8 Å². The molecule has 13 heavy (non-hydrogen) atoms. The van der Waals surface area contributed by atoms with Gasteiger partial charge in [-0.15, -0.1) is 11.3 Å². The van der Waals surface area contributed by atoms with Crippen molar-refractivity contribution in [2.75, 3.05) is 0 Å². The molecular weight excluding hydrogens is 180 g/mol. The van der Waals surface area contributed by atoms with E-state index in [1.165, 1.54) is 15.3 Å². The highest BCUT2D eigenvalue weighted by atomic mass is 32.1. The molecule has 0 amide bonds. The molecule has 0 N–H and O–H groups in total. The Morgan fingerprint density at radius 3 is 2.38 bits per heavy atom. The molecule has 0 radical (unpaired) electrons. The zero-order valence-electron chi connectivity index (χ0n) is 8.63. The molecule has 0 aromatic carbocycles. The minimum absolute atomic E-state index is 0.118. The Labute approximate surface area is 83.8 Å². The van der Waals surface area contributed by atoms with Crippen molar-refractivity contribution in [2.24, 2.45) is 5.92 Å². The van der Waals surface area contributed by atoms with Crippen molar-refractivity contribution in [1.29, 1.82) is 0 Å². The SMILES string of the molecule is Cc1cc(C(C)C(C)C=O)c(C)s1. The van der Waals surface area contributed by atoms with E-state index >= 15 is 0 Å². The van der Waals surface area contributed by atoms with E-state index in [1.807, 2.05) is 18.3 Å². The molecule has 0 aliphatic carbocycles. The molecule has 1 aromatic rings. The number of hydrogen-bond donors (Lipinski definition) is 0. The fraction of sp³-hybridized carbons (Fsp3) is 0.545. The zero-order valence-corrected chi connectivity index (χ0v) is 9.44. The van der Waals surface area contributed by atoms with E-state index in [2.05, 4.69) is 26.8 Å². The summed E-state index contributed by atoms with van der Waals surface area (Å²) in [6.45, 7) is 8.33. The summed E-state index contributed by atoms with van der Waals surface area (Å²) >= 11 is 1.81. The third kappa shape index (κ3) is 2.19. The van der Waals surface area contributed by atoms with Gasteiger partial charge < -0.3 is 4.79 Å². The van der Waals surface area contributed by atoms with Gasteiger partial charge in [0.15, 0.2) is 0 Å². The molecule has 0 aliphatic rings. The van der Waals surface area contributed by atoms with Gasteiger partial charge in [0, 0.05) is 15.7 Å². The molecule has 1 rings (SSSR count). The van der Waals surface area contributed by atoms with Crippen molar-refractivity contribution in [2.45, 2.75) is 33.6 Å². The molecule has 2 unspecified atom stereocenters. The molecule has 0 saturated heterocycles. The van der Waals surface area contributed by atoms with Crippen LogP contribution in [0.1, 0.15) is 35.1 Å². The number of rotatable bonds is 3. The molecule has 1 aromatic heterocycles. The van der Waals surface area contributed by atoms with Crippen LogP contribution in [-0.2, 0) is 4.79 Å². The fourth-order valence-corrected chi connectivity index (χ4v) is 2.54. The van der Waals surface area contributed by atoms with Crippen LogP contribution in [0.5, 0.6) is 0 Å². The summed E-state index contributed by atoms with van der Waals surface area (Å²) in [5, 5.41) is 0. The van der Waals surface area contributed by atoms with Gasteiger partial charge in [0.05, 0.1) is 0 Å². The van der Waals surface area contributed by atoms with Crippen LogP contribution in [-0.4, -0.2) is 6.29 Å². The first-order valence-electron chi connectivity index (χ1n) is 4.58. The van der Waals surface area contributed by atoms with Gasteiger partial charge in [0.1, 0.15) is 6.29 Å². The molecule has 2 atom stereocenters. The monoisotopic (exact) mass is 196 g/mol. The number of aryl methyl sites for hydroxylation is 2. The van der Waals surface area contributed by atoms with Crippen LogP contribution in [0.25, 0.3) is 0 Å². The number of thiophene rings is 1. The van der Waals surface area contributed by atoms with E-state index in [0.29, 0.717) is 5.92 Å². The van der Waals surface area contributed by atoms with Crippen LogP contribution >= 0.6 is 11.3 Å². The van der Waals surface area contributed by atoms with Gasteiger partial charge in [-0.3, -0.25) is 0 Å². The Kier molecular flexibility index (Phi) is 3.26. The van der Waals surface area contributed by atoms with E-state index in [1.54, 1.807) is 0 Å². The molecule has 0 saturated carbocycles. The summed E-state index contributed by atoms with van der Waals surface area (Å²) < 4.78 is 0. The zero-order chi connectivity index (χ0) is 10.0. The molecule has 0 bridgehead atoms. The molecule has 0 spiro atoms. The molecule has 0 aliphatic heterocycles. The van der Waals surface area contributed by atoms with Crippen LogP contribution in [0.15, 0.2) is 6.07 Å². The minimum Gasteiger partial charge on any atom is -0.303 e. The Morgan fingerprint density at radius 1 is 1.38 bits per heavy atom. The lowest BCUT2D eigenvalue weighted by molar-refractivity contribution is -0.111. The maximum absolute atomic E-state index is 10.6. The van der Waals surface area contributed by atoms with Crippen molar-refractivity contribution in [3.8, 4) is 0 Å². The number of hydrogen-bond acceptors (Lipinski definition) is 2. The molecule has 0 fully saturated rings. The Balaban J connectivity index is 2.93. The summed E-state index contributed by atoms with van der Waals surface area (Å²) in [6.07, 6.45) is 1.04. The summed E-state index contributed by atoms with van der Waals surface area (Å²) in [6, 6.07) is 2.20. The van der Waals surface area contributed by atoms with Crippen molar-refractivity contribution in [1.82, 2.24) is 0 Å². The fourth-order valence-electron chi connectivity index (χ4n) is 1.50. The smallest absolute Gasteiger partial charge is 0.123 e. The van der Waals surface area contributed by atoms with E-state index in [-0.39, 0.29) is 5.92 Å². The first-order chi connectivity index (χ1) is 6.06. The summed E-state index contributed by atoms with van der Waals surface area (Å²) in [5.74, 6) is 0.468. The number of carbonyl (C=O) groups excluding carboxylic acids is 1. The highest BCUT2D eigenvalue weighted by Crippen LogP contribution is 2.31. The van der Waals surface area contributed by atoms with Gasteiger partial charge in [-0.1, -0.05) is 13.8 Å². The lowest BCUT2D eigenvalue weighted by atomic mass is 9.90. The molecular formula is C11H16OS. The first kappa shape index (κ1) is 10.5. The standard InChI is InChI=1S/C11H16OS/c1-7(6-12)9(3)11-5-8(2)13-10(11)4/h5-7,9H,1-4H3. The summed E-state index contributed by atoms with van der Waals surface area (Å²) in [4.78, 5) is 13.3. The van der Waals surface area contributed by atoms with Gasteiger partial charge in [-0.05, 0) is 31.4 Å². The molecule has 1 nitrogen and oxygen atoms in total. The maximum Gasteiger partial charge on any atom is 0.123 e. The van der Waals surface area contributed by atoms with Crippen LogP contribution < -0.4 is 0 Å². The van der Waals surface area contributed by atoms with E-state index in [4.69, 9.17) is 0 Å². The first-order valence-corrected chi connectivity index (χ1v) is 5.40. The second kappa shape index (κ2) is 4.05. The molecule has 2 heteroatoms. The van der Waals surface area contributed by atoms with Gasteiger partial charge >= 0.3 is 0 Å². The quantitative estimate of drug-likeness (QED) is 0.678. The number of carbonyl (C=O) groups is 1. The highest BCUT2D eigenvalue weighted by Gasteiger charge is 2.16. The maximum atomic E-state index is 10.6. The van der Waals surface area contributed by atoms with Crippen LogP contribution in [0.3, 0.4) is 0 Å². The highest BCUT2D eigenvalue weighted by molar-refractivity contribution is 7.12. The average Bonchev–Trinajstić information content (AvgIpc) is 2.42. The third-order valence-electron chi connectivity index (χ3n) is 2.57. The summed E-state index contributed by atoms with van der Waals surface area (Å²) in [5.41, 5.74) is 1.34. The third-order valence-corrected chi connectivity index (χ3v) is 3.55. The second-order valence-corrected chi connectivity index (χ2v) is 5.11. The van der Waals surface area contributed by atoms with Crippen molar-refractivity contribution in [3.63, 3.8) is 0 Å². The second-order valence-electron chi connectivity index (χ2n) is 3.65. The number of aldehydes is 1. The van der Waals surface area contributed by atoms with Gasteiger partial charge in [0.25, 0.3) is 0 Å². The van der Waals surface area contributed by atoms with E-state index < -0.39 is 0 Å². The summed E-state index contributed by atoms with van der Waals surface area (Å²) in [7, 11) is 0. The van der Waals surface area contributed by atoms with Gasteiger partial charge in [0.2, 0.25) is 0 Å². The topological polar surface area (TPSA) is 17.1 Å². The van der Waals surface area contributed by atoms with E-state index in [0.717, 1.165) is 6.29 Å². The predicted molar refractivity (Wildman–Crippen MR) is 57.4 cm³/mol.